The summed E-state index contributed by atoms with van der Waals surface area (Å²) in [7, 11) is 3.45. The Morgan fingerprint density at radius 2 is 2.00 bits per heavy atom. The van der Waals surface area contributed by atoms with Gasteiger partial charge in [0.15, 0.2) is 5.96 Å². The van der Waals surface area contributed by atoms with E-state index in [1.165, 1.54) is 0 Å². The van der Waals surface area contributed by atoms with E-state index < -0.39 is 0 Å². The van der Waals surface area contributed by atoms with Crippen molar-refractivity contribution in [2.75, 3.05) is 52.0 Å². The van der Waals surface area contributed by atoms with Crippen molar-refractivity contribution < 1.29 is 9.47 Å². The zero-order valence-corrected chi connectivity index (χ0v) is 18.2. The lowest BCUT2D eigenvalue weighted by atomic mass is 10.3. The van der Waals surface area contributed by atoms with Gasteiger partial charge in [0.25, 0.3) is 0 Å². The predicted molar refractivity (Wildman–Crippen MR) is 114 cm³/mol. The number of thioether (sulfide) groups is 1. The SMILES string of the molecule is CN=C(NCCOC)NCCSCCOc1cccc(Br)c1.I. The summed E-state index contributed by atoms with van der Waals surface area (Å²) in [6.07, 6.45) is 0. The zero-order chi connectivity index (χ0) is 16.0. The molecule has 0 spiro atoms. The molecule has 0 heterocycles. The maximum absolute atomic E-state index is 5.68. The molecule has 0 saturated carbocycles. The van der Waals surface area contributed by atoms with Crippen LogP contribution in [0.3, 0.4) is 0 Å². The van der Waals surface area contributed by atoms with E-state index in [1.807, 2.05) is 36.0 Å². The number of benzene rings is 1. The predicted octanol–water partition coefficient (Wildman–Crippen LogP) is 2.99. The summed E-state index contributed by atoms with van der Waals surface area (Å²) < 4.78 is 11.7. The topological polar surface area (TPSA) is 54.9 Å². The average molecular weight is 518 g/mol. The van der Waals surface area contributed by atoms with Crippen molar-refractivity contribution in [2.45, 2.75) is 0 Å². The van der Waals surface area contributed by atoms with Crippen LogP contribution in [0.4, 0.5) is 0 Å². The Kier molecular flexibility index (Phi) is 15.2. The molecule has 0 amide bonds. The highest BCUT2D eigenvalue weighted by molar-refractivity contribution is 14.0. The van der Waals surface area contributed by atoms with Crippen molar-refractivity contribution in [1.82, 2.24) is 10.6 Å². The monoisotopic (exact) mass is 517 g/mol. The molecular weight excluding hydrogens is 493 g/mol. The Morgan fingerprint density at radius 1 is 1.22 bits per heavy atom. The molecule has 0 bridgehead atoms. The van der Waals surface area contributed by atoms with E-state index in [2.05, 4.69) is 31.6 Å². The standard InChI is InChI=1S/C15H24BrN3O2S.HI/c1-17-15(18-6-8-20-2)19-7-10-22-11-9-21-14-5-3-4-13(16)12-14;/h3-5,12H,6-11H2,1-2H3,(H2,17,18,19);1H. The van der Waals surface area contributed by atoms with Crippen LogP contribution in [0.25, 0.3) is 0 Å². The Labute approximate surface area is 168 Å². The highest BCUT2D eigenvalue weighted by atomic mass is 127. The number of rotatable bonds is 10. The third-order valence-electron chi connectivity index (χ3n) is 2.65. The summed E-state index contributed by atoms with van der Waals surface area (Å²) in [5, 5.41) is 6.43. The summed E-state index contributed by atoms with van der Waals surface area (Å²) in [4.78, 5) is 4.14. The number of methoxy groups -OCH3 is 1. The van der Waals surface area contributed by atoms with E-state index in [0.29, 0.717) is 13.2 Å². The molecule has 0 aliphatic carbocycles. The first-order valence-electron chi connectivity index (χ1n) is 7.16. The van der Waals surface area contributed by atoms with Crippen LogP contribution in [0.2, 0.25) is 0 Å². The molecule has 0 unspecified atom stereocenters. The Balaban J connectivity index is 0.00000484. The molecule has 0 saturated heterocycles. The first-order valence-corrected chi connectivity index (χ1v) is 9.10. The molecule has 0 aliphatic heterocycles. The fraction of sp³-hybridized carbons (Fsp3) is 0.533. The van der Waals surface area contributed by atoms with Gasteiger partial charge in [-0.3, -0.25) is 4.99 Å². The van der Waals surface area contributed by atoms with Crippen LogP contribution < -0.4 is 15.4 Å². The lowest BCUT2D eigenvalue weighted by Gasteiger charge is -2.11. The van der Waals surface area contributed by atoms with E-state index in [1.54, 1.807) is 14.2 Å². The van der Waals surface area contributed by atoms with E-state index in [0.717, 1.165) is 40.8 Å². The second-order valence-electron chi connectivity index (χ2n) is 4.34. The van der Waals surface area contributed by atoms with Gasteiger partial charge in [-0.05, 0) is 18.2 Å². The number of nitrogens with one attached hydrogen (secondary N) is 2. The molecule has 5 nitrogen and oxygen atoms in total. The third kappa shape index (κ3) is 11.9. The summed E-state index contributed by atoms with van der Waals surface area (Å²) in [5.74, 6) is 3.68. The number of hydrogen-bond acceptors (Lipinski definition) is 4. The maximum atomic E-state index is 5.68. The second kappa shape index (κ2) is 15.3. The normalized spacial score (nSPS) is 10.8. The minimum Gasteiger partial charge on any atom is -0.493 e. The second-order valence-corrected chi connectivity index (χ2v) is 6.48. The highest BCUT2D eigenvalue weighted by Crippen LogP contribution is 2.17. The van der Waals surface area contributed by atoms with Gasteiger partial charge in [-0.15, -0.1) is 24.0 Å². The van der Waals surface area contributed by atoms with Gasteiger partial charge in [-0.25, -0.2) is 0 Å². The number of halogens is 2. The summed E-state index contributed by atoms with van der Waals surface area (Å²) in [6, 6.07) is 7.90. The van der Waals surface area contributed by atoms with Gasteiger partial charge in [-0.1, -0.05) is 22.0 Å². The summed E-state index contributed by atoms with van der Waals surface area (Å²) in [6.45, 7) is 3.00. The van der Waals surface area contributed by atoms with Crippen LogP contribution in [0.5, 0.6) is 5.75 Å². The van der Waals surface area contributed by atoms with Crippen LogP contribution in [-0.4, -0.2) is 57.9 Å². The van der Waals surface area contributed by atoms with Gasteiger partial charge in [0, 0.05) is 43.2 Å². The first kappa shape index (κ1) is 22.8. The summed E-state index contributed by atoms with van der Waals surface area (Å²) >= 11 is 5.28. The van der Waals surface area contributed by atoms with Crippen molar-refractivity contribution in [3.63, 3.8) is 0 Å². The molecule has 1 aromatic rings. The molecule has 1 aromatic carbocycles. The number of guanidine groups is 1. The lowest BCUT2D eigenvalue weighted by molar-refractivity contribution is 0.203. The molecule has 0 atom stereocenters. The first-order chi connectivity index (χ1) is 10.8. The van der Waals surface area contributed by atoms with Crippen molar-refractivity contribution in [3.05, 3.63) is 28.7 Å². The van der Waals surface area contributed by atoms with Gasteiger partial charge in [0.2, 0.25) is 0 Å². The van der Waals surface area contributed by atoms with E-state index in [4.69, 9.17) is 9.47 Å². The molecule has 2 N–H and O–H groups in total. The largest absolute Gasteiger partial charge is 0.493 e. The number of hydrogen-bond donors (Lipinski definition) is 2. The van der Waals surface area contributed by atoms with Crippen LogP contribution >= 0.6 is 51.7 Å². The molecule has 132 valence electrons. The number of nitrogens with zero attached hydrogens (tertiary/aromatic N) is 1. The van der Waals surface area contributed by atoms with E-state index in [9.17, 15) is 0 Å². The van der Waals surface area contributed by atoms with Crippen LogP contribution in [0.1, 0.15) is 0 Å². The Morgan fingerprint density at radius 3 is 2.70 bits per heavy atom. The van der Waals surface area contributed by atoms with Crippen LogP contribution in [0, 0.1) is 0 Å². The van der Waals surface area contributed by atoms with Crippen LogP contribution in [0.15, 0.2) is 33.7 Å². The minimum atomic E-state index is 0. The third-order valence-corrected chi connectivity index (χ3v) is 4.09. The molecule has 0 fully saturated rings. The zero-order valence-electron chi connectivity index (χ0n) is 13.5. The van der Waals surface area contributed by atoms with E-state index >= 15 is 0 Å². The van der Waals surface area contributed by atoms with Crippen molar-refractivity contribution in [1.29, 1.82) is 0 Å². The minimum absolute atomic E-state index is 0. The molecule has 0 radical (unpaired) electrons. The average Bonchev–Trinajstić information content (AvgIpc) is 2.52. The van der Waals surface area contributed by atoms with Gasteiger partial charge in [0.05, 0.1) is 13.2 Å². The molecule has 0 aliphatic rings. The molecule has 8 heteroatoms. The van der Waals surface area contributed by atoms with Gasteiger partial charge < -0.3 is 20.1 Å². The Hall–Kier alpha value is -0.190. The lowest BCUT2D eigenvalue weighted by Crippen LogP contribution is -2.39. The maximum Gasteiger partial charge on any atom is 0.191 e. The smallest absolute Gasteiger partial charge is 0.191 e. The number of ether oxygens (including phenoxy) is 2. The quantitative estimate of drug-likeness (QED) is 0.216. The summed E-state index contributed by atoms with van der Waals surface area (Å²) in [5.41, 5.74) is 0. The Bertz CT molecular complexity index is 452. The number of aliphatic imine (C=N–C) groups is 1. The van der Waals surface area contributed by atoms with E-state index in [-0.39, 0.29) is 24.0 Å². The van der Waals surface area contributed by atoms with Gasteiger partial charge in [-0.2, -0.15) is 11.8 Å². The molecule has 23 heavy (non-hydrogen) atoms. The molecule has 1 rings (SSSR count). The van der Waals surface area contributed by atoms with Gasteiger partial charge >= 0.3 is 0 Å². The van der Waals surface area contributed by atoms with Crippen molar-refractivity contribution >= 4 is 57.6 Å². The van der Waals surface area contributed by atoms with Crippen LogP contribution in [-0.2, 0) is 4.74 Å². The fourth-order valence-corrected chi connectivity index (χ4v) is 2.64. The van der Waals surface area contributed by atoms with Gasteiger partial charge in [0.1, 0.15) is 5.75 Å². The van der Waals surface area contributed by atoms with Crippen molar-refractivity contribution in [3.8, 4) is 5.75 Å². The fourth-order valence-electron chi connectivity index (χ4n) is 1.61. The molecule has 0 aromatic heterocycles. The van der Waals surface area contributed by atoms with Crippen molar-refractivity contribution in [2.24, 2.45) is 4.99 Å². The molecular formula is C15H25BrIN3O2S. The highest BCUT2D eigenvalue weighted by Gasteiger charge is 1.97.